The maximum atomic E-state index is 13.6. The minimum absolute atomic E-state index is 0.241. The van der Waals surface area contributed by atoms with Gasteiger partial charge in [0.05, 0.1) is 0 Å². The molecule has 0 spiro atoms. The molecule has 2 nitrogen and oxygen atoms in total. The summed E-state index contributed by atoms with van der Waals surface area (Å²) in [5, 5.41) is 2.42. The Morgan fingerprint density at radius 2 is 2.12 bits per heavy atom. The average molecular weight is 237 g/mol. The van der Waals surface area contributed by atoms with E-state index in [9.17, 15) is 13.6 Å². The van der Waals surface area contributed by atoms with E-state index in [1.807, 2.05) is 0 Å². The first kappa shape index (κ1) is 13.2. The fraction of sp³-hybridized carbons (Fsp3) is 0.308. The Kier molecular flexibility index (Phi) is 4.65. The first-order valence-corrected chi connectivity index (χ1v) is 5.20. The fourth-order valence-corrected chi connectivity index (χ4v) is 1.32. The van der Waals surface area contributed by atoms with Crippen LogP contribution >= 0.6 is 0 Å². The second-order valence-electron chi connectivity index (χ2n) is 3.49. The maximum absolute atomic E-state index is 13.6. The van der Waals surface area contributed by atoms with Crippen molar-refractivity contribution in [3.05, 3.63) is 34.9 Å². The number of carbonyl (C=O) groups excluding carboxylic acids is 1. The third-order valence-electron chi connectivity index (χ3n) is 2.22. The molecule has 90 valence electrons. The van der Waals surface area contributed by atoms with Gasteiger partial charge in [-0.25, -0.2) is 8.78 Å². The highest BCUT2D eigenvalue weighted by molar-refractivity contribution is 5.94. The molecule has 1 N–H and O–H groups in total. The van der Waals surface area contributed by atoms with Crippen molar-refractivity contribution in [3.8, 4) is 11.8 Å². The van der Waals surface area contributed by atoms with Crippen molar-refractivity contribution < 1.29 is 13.6 Å². The number of halogens is 2. The van der Waals surface area contributed by atoms with E-state index < -0.39 is 23.1 Å². The van der Waals surface area contributed by atoms with Crippen LogP contribution in [0.25, 0.3) is 0 Å². The number of aryl methyl sites for hydroxylation is 1. The van der Waals surface area contributed by atoms with Gasteiger partial charge in [-0.05, 0) is 25.5 Å². The summed E-state index contributed by atoms with van der Waals surface area (Å²) in [7, 11) is 0. The van der Waals surface area contributed by atoms with Crippen molar-refractivity contribution in [2.75, 3.05) is 6.54 Å². The smallest absolute Gasteiger partial charge is 0.257 e. The molecule has 0 saturated carbocycles. The second-order valence-corrected chi connectivity index (χ2v) is 3.49. The summed E-state index contributed by atoms with van der Waals surface area (Å²) in [6.45, 7) is 3.43. The minimum atomic E-state index is -0.854. The number of amides is 1. The van der Waals surface area contributed by atoms with Crippen LogP contribution in [0.5, 0.6) is 0 Å². The SMILES string of the molecule is CC#CCCNC(=O)c1c(F)ccc(C)c1F. The highest BCUT2D eigenvalue weighted by atomic mass is 19.1. The van der Waals surface area contributed by atoms with Gasteiger partial charge in [0.25, 0.3) is 5.91 Å². The van der Waals surface area contributed by atoms with Gasteiger partial charge in [0, 0.05) is 13.0 Å². The Labute approximate surface area is 99.0 Å². The molecule has 1 aromatic rings. The zero-order valence-corrected chi connectivity index (χ0v) is 9.73. The Balaban J connectivity index is 2.81. The third kappa shape index (κ3) is 3.28. The van der Waals surface area contributed by atoms with Gasteiger partial charge < -0.3 is 5.32 Å². The minimum Gasteiger partial charge on any atom is -0.351 e. The molecule has 0 aliphatic heterocycles. The largest absolute Gasteiger partial charge is 0.351 e. The zero-order chi connectivity index (χ0) is 12.8. The van der Waals surface area contributed by atoms with Gasteiger partial charge in [-0.1, -0.05) is 6.07 Å². The standard InChI is InChI=1S/C13H13F2NO/c1-3-4-5-8-16-13(17)11-10(14)7-6-9(2)12(11)15/h6-7H,5,8H2,1-2H3,(H,16,17). The summed E-state index contributed by atoms with van der Waals surface area (Å²) < 4.78 is 26.9. The summed E-state index contributed by atoms with van der Waals surface area (Å²) >= 11 is 0. The van der Waals surface area contributed by atoms with E-state index in [4.69, 9.17) is 0 Å². The fourth-order valence-electron chi connectivity index (χ4n) is 1.32. The lowest BCUT2D eigenvalue weighted by Crippen LogP contribution is -2.26. The summed E-state index contributed by atoms with van der Waals surface area (Å²) in [6.07, 6.45) is 0.456. The van der Waals surface area contributed by atoms with Gasteiger partial charge in [0.15, 0.2) is 0 Å². The van der Waals surface area contributed by atoms with Crippen LogP contribution in [0, 0.1) is 30.4 Å². The quantitative estimate of drug-likeness (QED) is 0.635. The van der Waals surface area contributed by atoms with Gasteiger partial charge in [-0.3, -0.25) is 4.79 Å². The molecule has 0 aliphatic carbocycles. The van der Waals surface area contributed by atoms with E-state index >= 15 is 0 Å². The molecule has 0 radical (unpaired) electrons. The van der Waals surface area contributed by atoms with Crippen LogP contribution < -0.4 is 5.32 Å². The second kappa shape index (κ2) is 6.00. The van der Waals surface area contributed by atoms with Crippen LogP contribution in [-0.2, 0) is 0 Å². The lowest BCUT2D eigenvalue weighted by Gasteiger charge is -2.07. The van der Waals surface area contributed by atoms with Crippen molar-refractivity contribution in [1.82, 2.24) is 5.32 Å². The lowest BCUT2D eigenvalue weighted by molar-refractivity contribution is 0.0946. The van der Waals surface area contributed by atoms with Crippen LogP contribution in [0.15, 0.2) is 12.1 Å². The molecule has 0 aliphatic rings. The first-order valence-electron chi connectivity index (χ1n) is 5.20. The van der Waals surface area contributed by atoms with Gasteiger partial charge >= 0.3 is 0 Å². The molecular formula is C13H13F2NO. The molecule has 4 heteroatoms. The van der Waals surface area contributed by atoms with Gasteiger partial charge in [0.1, 0.15) is 17.2 Å². The number of hydrogen-bond acceptors (Lipinski definition) is 1. The van der Waals surface area contributed by atoms with E-state index in [0.717, 1.165) is 6.07 Å². The van der Waals surface area contributed by atoms with Gasteiger partial charge in [-0.15, -0.1) is 11.8 Å². The van der Waals surface area contributed by atoms with Crippen molar-refractivity contribution in [2.24, 2.45) is 0 Å². The van der Waals surface area contributed by atoms with E-state index in [1.165, 1.54) is 13.0 Å². The predicted molar refractivity (Wildman–Crippen MR) is 61.5 cm³/mol. The number of nitrogens with one attached hydrogen (secondary N) is 1. The monoisotopic (exact) mass is 237 g/mol. The molecule has 0 atom stereocenters. The molecule has 0 aromatic heterocycles. The Morgan fingerprint density at radius 1 is 1.41 bits per heavy atom. The van der Waals surface area contributed by atoms with Crippen molar-refractivity contribution in [3.63, 3.8) is 0 Å². The summed E-state index contributed by atoms with van der Waals surface area (Å²) in [5.74, 6) is 2.99. The topological polar surface area (TPSA) is 29.1 Å². The van der Waals surface area contributed by atoms with E-state index in [0.29, 0.717) is 6.42 Å². The Hall–Kier alpha value is -1.89. The van der Waals surface area contributed by atoms with Crippen LogP contribution in [0.1, 0.15) is 29.3 Å². The van der Waals surface area contributed by atoms with Crippen molar-refractivity contribution in [1.29, 1.82) is 0 Å². The molecule has 17 heavy (non-hydrogen) atoms. The summed E-state index contributed by atoms with van der Waals surface area (Å²) in [5.41, 5.74) is -0.292. The first-order chi connectivity index (χ1) is 8.07. The molecule has 0 unspecified atom stereocenters. The van der Waals surface area contributed by atoms with Gasteiger partial charge in [0.2, 0.25) is 0 Å². The number of carbonyl (C=O) groups is 1. The van der Waals surface area contributed by atoms with Gasteiger partial charge in [-0.2, -0.15) is 0 Å². The highest BCUT2D eigenvalue weighted by Gasteiger charge is 2.18. The summed E-state index contributed by atoms with van der Waals surface area (Å²) in [6, 6.07) is 2.38. The summed E-state index contributed by atoms with van der Waals surface area (Å²) in [4.78, 5) is 11.6. The van der Waals surface area contributed by atoms with E-state index in [1.54, 1.807) is 6.92 Å². The molecule has 0 fully saturated rings. The van der Waals surface area contributed by atoms with Crippen LogP contribution in [0.4, 0.5) is 8.78 Å². The number of hydrogen-bond donors (Lipinski definition) is 1. The van der Waals surface area contributed by atoms with Crippen LogP contribution in [0.2, 0.25) is 0 Å². The molecule has 0 bridgehead atoms. The Morgan fingerprint density at radius 3 is 2.76 bits per heavy atom. The Bertz CT molecular complexity index is 486. The highest BCUT2D eigenvalue weighted by Crippen LogP contribution is 2.15. The third-order valence-corrected chi connectivity index (χ3v) is 2.22. The van der Waals surface area contributed by atoms with Crippen molar-refractivity contribution >= 4 is 5.91 Å². The predicted octanol–water partition coefficient (Wildman–Crippen LogP) is 2.42. The zero-order valence-electron chi connectivity index (χ0n) is 9.73. The number of benzene rings is 1. The lowest BCUT2D eigenvalue weighted by atomic mass is 10.1. The molecule has 1 amide bonds. The van der Waals surface area contributed by atoms with Crippen LogP contribution in [-0.4, -0.2) is 12.5 Å². The number of rotatable bonds is 3. The molecule has 0 heterocycles. The normalized spacial score (nSPS) is 9.41. The molecule has 1 aromatic carbocycles. The van der Waals surface area contributed by atoms with E-state index in [-0.39, 0.29) is 12.1 Å². The molecular weight excluding hydrogens is 224 g/mol. The molecule has 1 rings (SSSR count). The van der Waals surface area contributed by atoms with Crippen LogP contribution in [0.3, 0.4) is 0 Å². The average Bonchev–Trinajstić information content (AvgIpc) is 2.30. The molecule has 0 saturated heterocycles. The van der Waals surface area contributed by atoms with E-state index in [2.05, 4.69) is 17.2 Å². The maximum Gasteiger partial charge on any atom is 0.257 e. The van der Waals surface area contributed by atoms with Crippen molar-refractivity contribution in [2.45, 2.75) is 20.3 Å².